The molecule has 3 heteroatoms. The van der Waals surface area contributed by atoms with Crippen LogP contribution >= 0.6 is 0 Å². The first-order chi connectivity index (χ1) is 15.8. The first-order valence-corrected chi connectivity index (χ1v) is 11.9. The van der Waals surface area contributed by atoms with Crippen LogP contribution in [0.2, 0.25) is 0 Å². The summed E-state index contributed by atoms with van der Waals surface area (Å²) in [5, 5.41) is 5.32. The number of hydrogen-bond donors (Lipinski definition) is 0. The summed E-state index contributed by atoms with van der Waals surface area (Å²) in [5.41, 5.74) is 2.66. The minimum Gasteiger partial charge on any atom is -0.168 e. The fraction of sp³-hybridized carbons (Fsp3) is 0. The first kappa shape index (κ1) is 27.7. The number of fused-ring (bicyclic) bond motifs is 2. The summed E-state index contributed by atoms with van der Waals surface area (Å²) < 4.78 is 1.42. The predicted molar refractivity (Wildman–Crippen MR) is 135 cm³/mol. The van der Waals surface area contributed by atoms with E-state index in [0.717, 1.165) is 0 Å². The number of halogens is 2. The molecule has 0 aliphatic heterocycles. The molecule has 6 rings (SSSR count). The van der Waals surface area contributed by atoms with Crippen molar-refractivity contribution >= 4 is 24.8 Å². The van der Waals surface area contributed by atoms with Crippen molar-refractivity contribution in [3.05, 3.63) is 157 Å². The third-order valence-corrected chi connectivity index (χ3v) is 6.64. The fourth-order valence-electron chi connectivity index (χ4n) is 3.52. The molecule has 6 aromatic carbocycles. The Hall–Kier alpha value is -2.57. The molecule has 0 spiro atoms. The van der Waals surface area contributed by atoms with E-state index in [0.29, 0.717) is 0 Å². The van der Waals surface area contributed by atoms with Gasteiger partial charge in [-0.05, 0) is 0 Å². The van der Waals surface area contributed by atoms with E-state index < -0.39 is 0 Å². The van der Waals surface area contributed by atoms with Gasteiger partial charge in [0.1, 0.15) is 0 Å². The molecule has 0 aromatic heterocycles. The SMILES string of the molecule is [Cl-].[Cl-].[Zr+2]=[C](c1ccccc1)c1ccccc1.c1ccc2[cH-]ccc2c1.c1ccc2[cH-]ccc2c1. The van der Waals surface area contributed by atoms with Crippen LogP contribution in [0.4, 0.5) is 0 Å². The van der Waals surface area contributed by atoms with Crippen molar-refractivity contribution in [2.45, 2.75) is 0 Å². The van der Waals surface area contributed by atoms with Gasteiger partial charge in [-0.1, -0.05) is 12.1 Å². The smallest absolute Gasteiger partial charge is 0.0809 e. The summed E-state index contributed by atoms with van der Waals surface area (Å²) in [4.78, 5) is 0. The van der Waals surface area contributed by atoms with Gasteiger partial charge in [-0.15, -0.1) is 59.3 Å². The molecule has 0 unspecified atom stereocenters. The van der Waals surface area contributed by atoms with Crippen LogP contribution in [-0.4, -0.2) is 3.21 Å². The van der Waals surface area contributed by atoms with Crippen LogP contribution in [0.5, 0.6) is 0 Å². The van der Waals surface area contributed by atoms with Crippen molar-refractivity contribution in [2.75, 3.05) is 0 Å². The quantitative estimate of drug-likeness (QED) is 0.285. The molecule has 0 nitrogen and oxygen atoms in total. The molecule has 0 amide bonds. The minimum atomic E-state index is 0. The van der Waals surface area contributed by atoms with Gasteiger partial charge in [-0.25, -0.2) is 0 Å². The van der Waals surface area contributed by atoms with Gasteiger partial charge in [0.15, 0.2) is 0 Å². The Balaban J connectivity index is 0.000000181. The minimum absolute atomic E-state index is 0. The van der Waals surface area contributed by atoms with E-state index in [9.17, 15) is 0 Å². The molecule has 0 saturated carbocycles. The Morgan fingerprint density at radius 2 is 0.794 bits per heavy atom. The van der Waals surface area contributed by atoms with Gasteiger partial charge in [0.25, 0.3) is 0 Å². The van der Waals surface area contributed by atoms with Crippen molar-refractivity contribution in [3.63, 3.8) is 0 Å². The third-order valence-electron chi connectivity index (χ3n) is 5.22. The van der Waals surface area contributed by atoms with E-state index in [2.05, 4.69) is 146 Å². The number of rotatable bonds is 2. The molecular weight excluding hydrogens is 534 g/mol. The number of benzene rings is 4. The second kappa shape index (κ2) is 14.6. The molecular formula is C31H24Cl2Zr-2. The first-order valence-electron chi connectivity index (χ1n) is 10.7. The molecule has 0 fully saturated rings. The molecule has 0 N–H and O–H groups in total. The summed E-state index contributed by atoms with van der Waals surface area (Å²) in [6.07, 6.45) is 0. The second-order valence-corrected chi connectivity index (χ2v) is 8.65. The predicted octanol–water partition coefficient (Wildman–Crippen LogP) is 1.93. The van der Waals surface area contributed by atoms with Crippen LogP contribution in [0, 0.1) is 0 Å². The molecule has 0 aliphatic rings. The van der Waals surface area contributed by atoms with Gasteiger partial charge in [-0.2, -0.15) is 35.0 Å². The maximum Gasteiger partial charge on any atom is -0.0809 e. The van der Waals surface area contributed by atoms with Gasteiger partial charge in [0, 0.05) is 0 Å². The average molecular weight is 559 g/mol. The molecule has 0 aliphatic carbocycles. The number of hydrogen-bond acceptors (Lipinski definition) is 0. The summed E-state index contributed by atoms with van der Waals surface area (Å²) in [6.45, 7) is 0. The summed E-state index contributed by atoms with van der Waals surface area (Å²) in [7, 11) is 0. The molecule has 0 heterocycles. The fourth-order valence-corrected chi connectivity index (χ4v) is 4.34. The molecule has 0 saturated heterocycles. The maximum atomic E-state index is 2.16. The van der Waals surface area contributed by atoms with Crippen molar-refractivity contribution in [3.8, 4) is 0 Å². The molecule has 34 heavy (non-hydrogen) atoms. The van der Waals surface area contributed by atoms with Crippen molar-refractivity contribution in [1.29, 1.82) is 0 Å². The van der Waals surface area contributed by atoms with Gasteiger partial charge in [0.05, 0.1) is 0 Å². The topological polar surface area (TPSA) is 0 Å². The standard InChI is InChI=1S/C13H10.2C9H7.2ClH.Zr/c1-3-7-12(8-4-1)11-13-9-5-2-6-10-13;2*1-2-5-9-7-3-6-8(9)4-1;;;/h1-10H;2*1-7H;2*1H;/q;2*-1;;;+2/p-2. The summed E-state index contributed by atoms with van der Waals surface area (Å²) in [5.74, 6) is 0. The van der Waals surface area contributed by atoms with E-state index in [4.69, 9.17) is 0 Å². The largest absolute Gasteiger partial charge is 0.168 e. The third kappa shape index (κ3) is 7.74. The van der Waals surface area contributed by atoms with Gasteiger partial charge < -0.3 is 24.8 Å². The van der Waals surface area contributed by atoms with Crippen LogP contribution in [0.3, 0.4) is 0 Å². The van der Waals surface area contributed by atoms with E-state index >= 15 is 0 Å². The Morgan fingerprint density at radius 1 is 0.441 bits per heavy atom. The van der Waals surface area contributed by atoms with Crippen LogP contribution in [0.25, 0.3) is 21.5 Å². The van der Waals surface area contributed by atoms with Crippen molar-refractivity contribution in [1.82, 2.24) is 0 Å². The van der Waals surface area contributed by atoms with E-state index in [1.807, 2.05) is 0 Å². The zero-order chi connectivity index (χ0) is 22.0. The van der Waals surface area contributed by atoms with Crippen molar-refractivity contribution in [2.24, 2.45) is 0 Å². The zero-order valence-electron chi connectivity index (χ0n) is 18.6. The molecule has 0 radical (unpaired) electrons. The van der Waals surface area contributed by atoms with Gasteiger partial charge in [-0.3, -0.25) is 0 Å². The maximum absolute atomic E-state index is 2.16. The van der Waals surface area contributed by atoms with E-state index in [1.165, 1.54) is 60.1 Å². The average Bonchev–Trinajstić information content (AvgIpc) is 3.55. The van der Waals surface area contributed by atoms with Crippen LogP contribution < -0.4 is 24.8 Å². The normalized spacial score (nSPS) is 9.47. The van der Waals surface area contributed by atoms with E-state index in [-0.39, 0.29) is 24.8 Å². The van der Waals surface area contributed by atoms with Crippen molar-refractivity contribution < 1.29 is 49.0 Å². The molecule has 6 aromatic rings. The Kier molecular flexibility index (Phi) is 11.9. The summed E-state index contributed by atoms with van der Waals surface area (Å²) in [6, 6.07) is 50.4. The van der Waals surface area contributed by atoms with Gasteiger partial charge in [0.2, 0.25) is 0 Å². The van der Waals surface area contributed by atoms with E-state index in [1.54, 1.807) is 0 Å². The zero-order valence-corrected chi connectivity index (χ0v) is 22.6. The molecule has 0 atom stereocenters. The monoisotopic (exact) mass is 556 g/mol. The second-order valence-electron chi connectivity index (χ2n) is 7.42. The Bertz CT molecular complexity index is 1210. The van der Waals surface area contributed by atoms with Crippen LogP contribution in [0.1, 0.15) is 11.1 Å². The van der Waals surface area contributed by atoms with Gasteiger partial charge >= 0.3 is 99.2 Å². The molecule has 168 valence electrons. The van der Waals surface area contributed by atoms with Crippen LogP contribution in [-0.2, 0) is 24.2 Å². The Morgan fingerprint density at radius 3 is 1.18 bits per heavy atom. The Labute approximate surface area is 229 Å². The summed E-state index contributed by atoms with van der Waals surface area (Å²) >= 11 is 1.46. The van der Waals surface area contributed by atoms with Crippen LogP contribution in [0.15, 0.2) is 146 Å². The molecule has 0 bridgehead atoms.